The predicted molar refractivity (Wildman–Crippen MR) is 107 cm³/mol. The molecule has 0 aromatic heterocycles. The Labute approximate surface area is 154 Å². The molecule has 0 bridgehead atoms. The van der Waals surface area contributed by atoms with Crippen molar-refractivity contribution in [1.29, 1.82) is 0 Å². The van der Waals surface area contributed by atoms with E-state index in [4.69, 9.17) is 0 Å². The fourth-order valence-corrected chi connectivity index (χ4v) is 3.57. The summed E-state index contributed by atoms with van der Waals surface area (Å²) in [7, 11) is 4.03. The normalized spacial score (nSPS) is 15.9. The first-order valence-corrected chi connectivity index (χ1v) is 8.83. The van der Waals surface area contributed by atoms with Crippen molar-refractivity contribution in [2.75, 3.05) is 23.9 Å². The second-order valence-corrected chi connectivity index (χ2v) is 6.99. The molecule has 0 fully saturated rings. The van der Waals surface area contributed by atoms with Crippen molar-refractivity contribution in [2.45, 2.75) is 13.0 Å². The highest BCUT2D eigenvalue weighted by molar-refractivity contribution is 6.11. The van der Waals surface area contributed by atoms with Crippen molar-refractivity contribution in [3.63, 3.8) is 0 Å². The highest BCUT2D eigenvalue weighted by Crippen LogP contribution is 2.41. The van der Waals surface area contributed by atoms with Crippen molar-refractivity contribution in [3.05, 3.63) is 95.1 Å². The maximum absolute atomic E-state index is 13.2. The number of carbonyl (C=O) groups excluding carboxylic acids is 1. The second-order valence-electron chi connectivity index (χ2n) is 6.99. The summed E-state index contributed by atoms with van der Waals surface area (Å²) in [6.45, 7) is 2.08. The van der Waals surface area contributed by atoms with Crippen LogP contribution in [0, 0.1) is 6.92 Å². The molecule has 130 valence electrons. The first-order valence-electron chi connectivity index (χ1n) is 8.83. The van der Waals surface area contributed by atoms with E-state index in [0.717, 1.165) is 28.1 Å². The predicted octanol–water partition coefficient (Wildman–Crippen LogP) is 4.81. The molecule has 0 spiro atoms. The highest BCUT2D eigenvalue weighted by Gasteiger charge is 2.38. The SMILES string of the molecule is Cc1ccc(C2c3ccccc3C(=O)N2c2ccc(N(C)C)cc2)cc1. The molecule has 3 nitrogen and oxygen atoms in total. The minimum absolute atomic E-state index is 0.0591. The molecule has 1 unspecified atom stereocenters. The Bertz CT molecular complexity index is 943. The van der Waals surface area contributed by atoms with Gasteiger partial charge in [-0.05, 0) is 48.4 Å². The molecule has 0 aliphatic carbocycles. The molecule has 1 atom stereocenters. The zero-order chi connectivity index (χ0) is 18.3. The number of anilines is 2. The summed E-state index contributed by atoms with van der Waals surface area (Å²) in [5.74, 6) is 0.0591. The van der Waals surface area contributed by atoms with Crippen LogP contribution in [-0.2, 0) is 0 Å². The van der Waals surface area contributed by atoms with Crippen molar-refractivity contribution in [3.8, 4) is 0 Å². The Morgan fingerprint density at radius 2 is 1.50 bits per heavy atom. The Balaban J connectivity index is 1.83. The van der Waals surface area contributed by atoms with Gasteiger partial charge in [0.1, 0.15) is 0 Å². The fourth-order valence-electron chi connectivity index (χ4n) is 3.57. The molecule has 0 saturated heterocycles. The molecule has 1 heterocycles. The number of fused-ring (bicyclic) bond motifs is 1. The molecule has 1 amide bonds. The number of benzene rings is 3. The van der Waals surface area contributed by atoms with Crippen molar-refractivity contribution < 1.29 is 4.79 Å². The van der Waals surface area contributed by atoms with Gasteiger partial charge in [0.25, 0.3) is 5.91 Å². The number of rotatable bonds is 3. The molecule has 1 aliphatic rings. The lowest BCUT2D eigenvalue weighted by Crippen LogP contribution is -2.28. The number of hydrogen-bond acceptors (Lipinski definition) is 2. The monoisotopic (exact) mass is 342 g/mol. The smallest absolute Gasteiger partial charge is 0.259 e. The van der Waals surface area contributed by atoms with E-state index in [1.54, 1.807) is 0 Å². The second kappa shape index (κ2) is 6.34. The van der Waals surface area contributed by atoms with Crippen molar-refractivity contribution >= 4 is 17.3 Å². The summed E-state index contributed by atoms with van der Waals surface area (Å²) in [5, 5.41) is 0. The Kier molecular flexibility index (Phi) is 4.00. The van der Waals surface area contributed by atoms with Gasteiger partial charge in [0.05, 0.1) is 6.04 Å². The summed E-state index contributed by atoms with van der Waals surface area (Å²) in [5.41, 5.74) is 6.24. The van der Waals surface area contributed by atoms with Crippen LogP contribution < -0.4 is 9.80 Å². The highest BCUT2D eigenvalue weighted by atomic mass is 16.2. The van der Waals surface area contributed by atoms with Gasteiger partial charge in [-0.3, -0.25) is 9.69 Å². The number of amides is 1. The van der Waals surface area contributed by atoms with E-state index in [0.29, 0.717) is 0 Å². The third kappa shape index (κ3) is 2.66. The lowest BCUT2D eigenvalue weighted by molar-refractivity contribution is 0.0993. The number of nitrogens with zero attached hydrogens (tertiary/aromatic N) is 2. The van der Waals surface area contributed by atoms with Gasteiger partial charge in [-0.2, -0.15) is 0 Å². The van der Waals surface area contributed by atoms with E-state index >= 15 is 0 Å². The van der Waals surface area contributed by atoms with Gasteiger partial charge in [-0.25, -0.2) is 0 Å². The number of aryl methyl sites for hydroxylation is 1. The Hall–Kier alpha value is -3.07. The minimum Gasteiger partial charge on any atom is -0.378 e. The molecule has 26 heavy (non-hydrogen) atoms. The molecule has 4 rings (SSSR count). The van der Waals surface area contributed by atoms with Gasteiger partial charge in [0, 0.05) is 31.0 Å². The average Bonchev–Trinajstić information content (AvgIpc) is 2.95. The van der Waals surface area contributed by atoms with E-state index in [1.165, 1.54) is 5.56 Å². The summed E-state index contributed by atoms with van der Waals surface area (Å²) >= 11 is 0. The van der Waals surface area contributed by atoms with Crippen LogP contribution in [0.2, 0.25) is 0 Å². The van der Waals surface area contributed by atoms with Crippen LogP contribution in [-0.4, -0.2) is 20.0 Å². The molecule has 0 radical (unpaired) electrons. The number of hydrogen-bond donors (Lipinski definition) is 0. The third-order valence-electron chi connectivity index (χ3n) is 5.00. The molecule has 3 aromatic rings. The fraction of sp³-hybridized carbons (Fsp3) is 0.174. The van der Waals surface area contributed by atoms with E-state index in [1.807, 2.05) is 49.3 Å². The molecule has 0 N–H and O–H groups in total. The summed E-state index contributed by atoms with van der Waals surface area (Å²) in [6, 6.07) is 24.4. The summed E-state index contributed by atoms with van der Waals surface area (Å²) in [6.07, 6.45) is 0. The Morgan fingerprint density at radius 3 is 2.15 bits per heavy atom. The first-order chi connectivity index (χ1) is 12.6. The van der Waals surface area contributed by atoms with Crippen LogP contribution in [0.4, 0.5) is 11.4 Å². The lowest BCUT2D eigenvalue weighted by Gasteiger charge is -2.26. The topological polar surface area (TPSA) is 23.6 Å². The lowest BCUT2D eigenvalue weighted by atomic mass is 9.97. The van der Waals surface area contributed by atoms with Gasteiger partial charge in [-0.1, -0.05) is 48.0 Å². The van der Waals surface area contributed by atoms with E-state index in [-0.39, 0.29) is 11.9 Å². The average molecular weight is 342 g/mol. The van der Waals surface area contributed by atoms with Crippen molar-refractivity contribution in [1.82, 2.24) is 0 Å². The Morgan fingerprint density at radius 1 is 0.846 bits per heavy atom. The van der Waals surface area contributed by atoms with Crippen LogP contribution in [0.25, 0.3) is 0 Å². The standard InChI is InChI=1S/C23H22N2O/c1-16-8-10-17(11-9-16)22-20-6-4-5-7-21(20)23(26)25(22)19-14-12-18(13-15-19)24(2)3/h4-15,22H,1-3H3. The van der Waals surface area contributed by atoms with Crippen LogP contribution >= 0.6 is 0 Å². The minimum atomic E-state index is -0.0930. The maximum atomic E-state index is 13.2. The summed E-state index contributed by atoms with van der Waals surface area (Å²) in [4.78, 5) is 17.2. The molecule has 3 aromatic carbocycles. The van der Waals surface area contributed by atoms with Crippen LogP contribution in [0.1, 0.15) is 33.1 Å². The zero-order valence-electron chi connectivity index (χ0n) is 15.3. The van der Waals surface area contributed by atoms with Gasteiger partial charge in [0.2, 0.25) is 0 Å². The molecular weight excluding hydrogens is 320 g/mol. The van der Waals surface area contributed by atoms with E-state index in [9.17, 15) is 4.79 Å². The van der Waals surface area contributed by atoms with E-state index in [2.05, 4.69) is 54.3 Å². The summed E-state index contributed by atoms with van der Waals surface area (Å²) < 4.78 is 0. The van der Waals surface area contributed by atoms with Crippen molar-refractivity contribution in [2.24, 2.45) is 0 Å². The largest absolute Gasteiger partial charge is 0.378 e. The van der Waals surface area contributed by atoms with Gasteiger partial charge in [-0.15, -0.1) is 0 Å². The third-order valence-corrected chi connectivity index (χ3v) is 5.00. The molecule has 3 heteroatoms. The van der Waals surface area contributed by atoms with Gasteiger partial charge < -0.3 is 4.90 Å². The maximum Gasteiger partial charge on any atom is 0.259 e. The van der Waals surface area contributed by atoms with Crippen LogP contribution in [0.5, 0.6) is 0 Å². The first kappa shape index (κ1) is 16.4. The molecule has 1 aliphatic heterocycles. The van der Waals surface area contributed by atoms with Gasteiger partial charge >= 0.3 is 0 Å². The molecule has 0 saturated carbocycles. The quantitative estimate of drug-likeness (QED) is 0.682. The van der Waals surface area contributed by atoms with E-state index < -0.39 is 0 Å². The van der Waals surface area contributed by atoms with Gasteiger partial charge in [0.15, 0.2) is 0 Å². The number of carbonyl (C=O) groups is 1. The van der Waals surface area contributed by atoms with Crippen LogP contribution in [0.3, 0.4) is 0 Å². The zero-order valence-corrected chi connectivity index (χ0v) is 15.3. The van der Waals surface area contributed by atoms with Crippen LogP contribution in [0.15, 0.2) is 72.8 Å². The molecular formula is C23H22N2O.